The first-order valence-electron chi connectivity index (χ1n) is 6.77. The van der Waals surface area contributed by atoms with Crippen LogP contribution in [0.1, 0.15) is 5.89 Å². The first-order valence-corrected chi connectivity index (χ1v) is 6.77. The molecule has 0 amide bonds. The molecule has 112 valence electrons. The highest BCUT2D eigenvalue weighted by Gasteiger charge is 2.18. The summed E-state index contributed by atoms with van der Waals surface area (Å²) in [5.41, 5.74) is 0.729. The molecule has 0 radical (unpaired) electrons. The van der Waals surface area contributed by atoms with Gasteiger partial charge in [-0.2, -0.15) is 4.98 Å². The number of nitrogens with one attached hydrogen (secondary N) is 1. The van der Waals surface area contributed by atoms with Crippen molar-refractivity contribution in [3.8, 4) is 22.9 Å². The van der Waals surface area contributed by atoms with Gasteiger partial charge >= 0.3 is 0 Å². The summed E-state index contributed by atoms with van der Waals surface area (Å²) in [5, 5.41) is 16.9. The Morgan fingerprint density at radius 2 is 2.38 bits per heavy atom. The molecule has 2 heterocycles. The lowest BCUT2D eigenvalue weighted by atomic mass is 10.2. The van der Waals surface area contributed by atoms with E-state index in [0.717, 1.165) is 18.7 Å². The molecule has 2 aromatic rings. The minimum absolute atomic E-state index is 0.0773. The Bertz CT molecular complexity index is 608. The Balaban J connectivity index is 1.74. The zero-order valence-corrected chi connectivity index (χ0v) is 11.7. The van der Waals surface area contributed by atoms with E-state index in [2.05, 4.69) is 15.5 Å². The van der Waals surface area contributed by atoms with Crippen molar-refractivity contribution in [3.63, 3.8) is 0 Å². The van der Waals surface area contributed by atoms with Crippen LogP contribution in [0.4, 0.5) is 0 Å². The summed E-state index contributed by atoms with van der Waals surface area (Å²) in [4.78, 5) is 4.37. The predicted octanol–water partition coefficient (Wildman–Crippen LogP) is 0.982. The van der Waals surface area contributed by atoms with Gasteiger partial charge in [0.05, 0.1) is 20.3 Å². The summed E-state index contributed by atoms with van der Waals surface area (Å²) in [6.45, 7) is 2.21. The van der Waals surface area contributed by atoms with Crippen molar-refractivity contribution in [2.75, 3.05) is 26.9 Å². The number of methoxy groups -OCH3 is 1. The van der Waals surface area contributed by atoms with Gasteiger partial charge in [0.1, 0.15) is 0 Å². The lowest BCUT2D eigenvalue weighted by Gasteiger charge is -2.22. The highest BCUT2D eigenvalue weighted by Crippen LogP contribution is 2.30. The SMILES string of the molecule is COc1cc(-c2noc(CC3COCCN3)n2)ccc1O. The van der Waals surface area contributed by atoms with Crippen LogP contribution in [0.25, 0.3) is 11.4 Å². The highest BCUT2D eigenvalue weighted by atomic mass is 16.5. The minimum Gasteiger partial charge on any atom is -0.504 e. The molecule has 1 aliphatic heterocycles. The molecule has 7 heteroatoms. The van der Waals surface area contributed by atoms with E-state index in [1.807, 2.05) is 0 Å². The van der Waals surface area contributed by atoms with Gasteiger partial charge in [-0.15, -0.1) is 0 Å². The average molecular weight is 291 g/mol. The highest BCUT2D eigenvalue weighted by molar-refractivity contribution is 5.60. The van der Waals surface area contributed by atoms with Crippen molar-refractivity contribution < 1.29 is 19.1 Å². The zero-order chi connectivity index (χ0) is 14.7. The molecule has 1 fully saturated rings. The van der Waals surface area contributed by atoms with Gasteiger partial charge in [0.2, 0.25) is 11.7 Å². The smallest absolute Gasteiger partial charge is 0.228 e. The van der Waals surface area contributed by atoms with Gasteiger partial charge in [-0.1, -0.05) is 5.16 Å². The molecule has 3 rings (SSSR count). The number of benzene rings is 1. The second-order valence-electron chi connectivity index (χ2n) is 4.83. The molecule has 0 aliphatic carbocycles. The molecule has 1 saturated heterocycles. The molecule has 21 heavy (non-hydrogen) atoms. The van der Waals surface area contributed by atoms with Gasteiger partial charge in [0, 0.05) is 24.6 Å². The lowest BCUT2D eigenvalue weighted by Crippen LogP contribution is -2.42. The van der Waals surface area contributed by atoms with Crippen LogP contribution < -0.4 is 10.1 Å². The summed E-state index contributed by atoms with van der Waals surface area (Å²) >= 11 is 0. The average Bonchev–Trinajstić information content (AvgIpc) is 2.97. The van der Waals surface area contributed by atoms with Crippen molar-refractivity contribution >= 4 is 0 Å². The Kier molecular flexibility index (Phi) is 4.03. The number of phenols is 1. The Morgan fingerprint density at radius 3 is 3.14 bits per heavy atom. The van der Waals surface area contributed by atoms with Crippen LogP contribution in [0.15, 0.2) is 22.7 Å². The third-order valence-electron chi connectivity index (χ3n) is 3.33. The van der Waals surface area contributed by atoms with E-state index in [1.54, 1.807) is 18.2 Å². The minimum atomic E-state index is 0.0773. The maximum absolute atomic E-state index is 9.59. The number of rotatable bonds is 4. The van der Waals surface area contributed by atoms with Gasteiger partial charge in [-0.3, -0.25) is 0 Å². The monoisotopic (exact) mass is 291 g/mol. The van der Waals surface area contributed by atoms with E-state index >= 15 is 0 Å². The van der Waals surface area contributed by atoms with E-state index in [0.29, 0.717) is 30.5 Å². The fourth-order valence-electron chi connectivity index (χ4n) is 2.23. The van der Waals surface area contributed by atoms with Crippen molar-refractivity contribution in [3.05, 3.63) is 24.1 Å². The number of phenolic OH excluding ortho intramolecular Hbond substituents is 1. The molecule has 1 atom stereocenters. The first-order chi connectivity index (χ1) is 10.3. The number of ether oxygens (including phenoxy) is 2. The van der Waals surface area contributed by atoms with Gasteiger partial charge < -0.3 is 24.4 Å². The summed E-state index contributed by atoms with van der Waals surface area (Å²) in [5.74, 6) is 1.48. The normalized spacial score (nSPS) is 18.6. The molecule has 1 unspecified atom stereocenters. The molecule has 7 nitrogen and oxygen atoms in total. The lowest BCUT2D eigenvalue weighted by molar-refractivity contribution is 0.0744. The van der Waals surface area contributed by atoms with Gasteiger partial charge in [0.25, 0.3) is 0 Å². The Morgan fingerprint density at radius 1 is 1.48 bits per heavy atom. The van der Waals surface area contributed by atoms with E-state index in [9.17, 15) is 5.11 Å². The number of aromatic hydroxyl groups is 1. The summed E-state index contributed by atoms with van der Waals surface area (Å²) in [7, 11) is 1.50. The summed E-state index contributed by atoms with van der Waals surface area (Å²) < 4.78 is 15.7. The molecule has 0 bridgehead atoms. The van der Waals surface area contributed by atoms with Crippen LogP contribution >= 0.6 is 0 Å². The fourth-order valence-corrected chi connectivity index (χ4v) is 2.23. The van der Waals surface area contributed by atoms with Crippen LogP contribution in [0.2, 0.25) is 0 Å². The van der Waals surface area contributed by atoms with Crippen molar-refractivity contribution in [1.82, 2.24) is 15.5 Å². The van der Waals surface area contributed by atoms with Crippen molar-refractivity contribution in [2.45, 2.75) is 12.5 Å². The van der Waals surface area contributed by atoms with Crippen molar-refractivity contribution in [2.24, 2.45) is 0 Å². The Labute approximate surface area is 121 Å². The number of hydrogen-bond acceptors (Lipinski definition) is 7. The number of hydrogen-bond donors (Lipinski definition) is 2. The third-order valence-corrected chi connectivity index (χ3v) is 3.33. The van der Waals surface area contributed by atoms with Crippen LogP contribution in [-0.4, -0.2) is 48.2 Å². The van der Waals surface area contributed by atoms with Crippen molar-refractivity contribution in [1.29, 1.82) is 0 Å². The molecule has 1 aromatic heterocycles. The Hall–Kier alpha value is -2.12. The quantitative estimate of drug-likeness (QED) is 0.868. The number of nitrogens with zero attached hydrogens (tertiary/aromatic N) is 2. The zero-order valence-electron chi connectivity index (χ0n) is 11.7. The molecule has 1 aromatic carbocycles. The fraction of sp³-hybridized carbons (Fsp3) is 0.429. The molecule has 0 saturated carbocycles. The largest absolute Gasteiger partial charge is 0.504 e. The van der Waals surface area contributed by atoms with Crippen LogP contribution in [0.3, 0.4) is 0 Å². The number of aromatic nitrogens is 2. The van der Waals surface area contributed by atoms with Gasteiger partial charge in [0.15, 0.2) is 11.5 Å². The third kappa shape index (κ3) is 3.14. The molecular formula is C14H17N3O4. The van der Waals surface area contributed by atoms with E-state index in [4.69, 9.17) is 14.0 Å². The molecule has 1 aliphatic rings. The molecular weight excluding hydrogens is 274 g/mol. The second kappa shape index (κ2) is 6.11. The van der Waals surface area contributed by atoms with Gasteiger partial charge in [-0.05, 0) is 18.2 Å². The van der Waals surface area contributed by atoms with E-state index in [1.165, 1.54) is 7.11 Å². The molecule has 0 spiro atoms. The number of morpholine rings is 1. The molecule has 2 N–H and O–H groups in total. The first kappa shape index (κ1) is 13.8. The topological polar surface area (TPSA) is 89.6 Å². The van der Waals surface area contributed by atoms with E-state index < -0.39 is 0 Å². The van der Waals surface area contributed by atoms with Crippen LogP contribution in [0.5, 0.6) is 11.5 Å². The van der Waals surface area contributed by atoms with E-state index in [-0.39, 0.29) is 11.8 Å². The van der Waals surface area contributed by atoms with Crippen LogP contribution in [0, 0.1) is 0 Å². The van der Waals surface area contributed by atoms with Gasteiger partial charge in [-0.25, -0.2) is 0 Å². The maximum Gasteiger partial charge on any atom is 0.228 e. The maximum atomic E-state index is 9.59. The van der Waals surface area contributed by atoms with Crippen LogP contribution in [-0.2, 0) is 11.2 Å². The summed E-state index contributed by atoms with van der Waals surface area (Å²) in [6.07, 6.45) is 0.627. The summed E-state index contributed by atoms with van der Waals surface area (Å²) in [6, 6.07) is 5.13. The standard InChI is InChI=1S/C14H17N3O4/c1-19-12-6-9(2-3-11(12)18)14-16-13(21-17-14)7-10-8-20-5-4-15-10/h2-3,6,10,15,18H,4-5,7-8H2,1H3. The predicted molar refractivity (Wildman–Crippen MR) is 74.3 cm³/mol. The second-order valence-corrected chi connectivity index (χ2v) is 4.83.